The van der Waals surface area contributed by atoms with Crippen molar-refractivity contribution in [3.63, 3.8) is 0 Å². The second-order valence-corrected chi connectivity index (χ2v) is 7.68. The molecule has 1 aliphatic rings. The number of nitrogens with two attached hydrogens (primary N) is 1. The van der Waals surface area contributed by atoms with Gasteiger partial charge in [-0.1, -0.05) is 22.0 Å². The molecular weight excluding hydrogens is 408 g/mol. The lowest BCUT2D eigenvalue weighted by Crippen LogP contribution is -2.41. The fourth-order valence-electron chi connectivity index (χ4n) is 3.53. The Labute approximate surface area is 165 Å². The molecular formula is C20H19BrN4O2. The molecule has 0 spiro atoms. The van der Waals surface area contributed by atoms with E-state index in [0.717, 1.165) is 21.2 Å². The van der Waals surface area contributed by atoms with Gasteiger partial charge in [-0.2, -0.15) is 0 Å². The van der Waals surface area contributed by atoms with Crippen LogP contribution < -0.4 is 5.73 Å². The van der Waals surface area contributed by atoms with Crippen LogP contribution in [0.1, 0.15) is 23.2 Å². The lowest BCUT2D eigenvalue weighted by molar-refractivity contribution is -0.123. The second-order valence-electron chi connectivity index (χ2n) is 6.77. The van der Waals surface area contributed by atoms with Gasteiger partial charge in [0, 0.05) is 34.7 Å². The molecule has 2 heterocycles. The predicted molar refractivity (Wildman–Crippen MR) is 107 cm³/mol. The first kappa shape index (κ1) is 17.7. The molecule has 7 heteroatoms. The highest BCUT2D eigenvalue weighted by molar-refractivity contribution is 9.10. The molecule has 1 saturated heterocycles. The number of hydrogen-bond donors (Lipinski definition) is 1. The summed E-state index contributed by atoms with van der Waals surface area (Å²) in [6.45, 7) is 1.11. The number of nitrogens with zero attached hydrogens (tertiary/aromatic N) is 3. The number of amides is 2. The van der Waals surface area contributed by atoms with E-state index in [0.29, 0.717) is 31.5 Å². The molecule has 3 aromatic rings. The number of benzene rings is 2. The topological polar surface area (TPSA) is 81.2 Å². The van der Waals surface area contributed by atoms with Gasteiger partial charge in [-0.15, -0.1) is 0 Å². The summed E-state index contributed by atoms with van der Waals surface area (Å²) in [6, 6.07) is 13.6. The van der Waals surface area contributed by atoms with Crippen molar-refractivity contribution in [1.29, 1.82) is 0 Å². The van der Waals surface area contributed by atoms with E-state index in [1.807, 2.05) is 47.0 Å². The van der Waals surface area contributed by atoms with Gasteiger partial charge in [0.05, 0.1) is 11.0 Å². The zero-order valence-electron chi connectivity index (χ0n) is 14.6. The number of carbonyl (C=O) groups excluding carboxylic acids is 2. The van der Waals surface area contributed by atoms with Crippen molar-refractivity contribution in [1.82, 2.24) is 14.5 Å². The maximum Gasteiger partial charge on any atom is 0.253 e. The third-order valence-electron chi connectivity index (χ3n) is 5.07. The molecule has 1 aromatic heterocycles. The maximum absolute atomic E-state index is 12.8. The quantitative estimate of drug-likeness (QED) is 0.698. The van der Waals surface area contributed by atoms with Crippen molar-refractivity contribution in [2.24, 2.45) is 11.7 Å². The van der Waals surface area contributed by atoms with Gasteiger partial charge >= 0.3 is 0 Å². The molecule has 1 aliphatic heterocycles. The molecule has 4 rings (SSSR count). The summed E-state index contributed by atoms with van der Waals surface area (Å²) in [5.41, 5.74) is 8.69. The van der Waals surface area contributed by atoms with Crippen LogP contribution in [-0.2, 0) is 4.79 Å². The first-order valence-corrected chi connectivity index (χ1v) is 9.64. The normalized spacial score (nSPS) is 15.2. The molecule has 2 aromatic carbocycles. The summed E-state index contributed by atoms with van der Waals surface area (Å²) in [7, 11) is 0. The number of fused-ring (bicyclic) bond motifs is 1. The summed E-state index contributed by atoms with van der Waals surface area (Å²) in [5, 5.41) is 0. The third kappa shape index (κ3) is 3.47. The standard InChI is InChI=1S/C20H19BrN4O2/c21-15-2-1-3-16(11-15)25-12-23-17-10-14(4-5-18(17)25)20(27)24-8-6-13(7-9-24)19(22)26/h1-5,10-13H,6-9H2,(H2,22,26). The zero-order valence-corrected chi connectivity index (χ0v) is 16.2. The number of piperidine rings is 1. The van der Waals surface area contributed by atoms with Gasteiger partial charge < -0.3 is 10.6 Å². The van der Waals surface area contributed by atoms with Crippen molar-refractivity contribution in [2.45, 2.75) is 12.8 Å². The summed E-state index contributed by atoms with van der Waals surface area (Å²) in [6.07, 6.45) is 3.01. The van der Waals surface area contributed by atoms with E-state index in [2.05, 4.69) is 20.9 Å². The van der Waals surface area contributed by atoms with Crippen molar-refractivity contribution < 1.29 is 9.59 Å². The average molecular weight is 427 g/mol. The second kappa shape index (κ2) is 7.15. The molecule has 0 atom stereocenters. The molecule has 2 N–H and O–H groups in total. The number of halogens is 1. The van der Waals surface area contributed by atoms with E-state index in [9.17, 15) is 9.59 Å². The first-order chi connectivity index (χ1) is 13.0. The lowest BCUT2D eigenvalue weighted by Gasteiger charge is -2.30. The number of hydrogen-bond acceptors (Lipinski definition) is 3. The molecule has 0 radical (unpaired) electrons. The molecule has 0 aliphatic carbocycles. The maximum atomic E-state index is 12.8. The van der Waals surface area contributed by atoms with Crippen LogP contribution in [0, 0.1) is 5.92 Å². The van der Waals surface area contributed by atoms with Crippen LogP contribution in [0.15, 0.2) is 53.3 Å². The van der Waals surface area contributed by atoms with Crippen LogP contribution >= 0.6 is 15.9 Å². The van der Waals surface area contributed by atoms with Gasteiger partial charge in [-0.05, 0) is 49.2 Å². The smallest absolute Gasteiger partial charge is 0.253 e. The lowest BCUT2D eigenvalue weighted by atomic mass is 9.96. The Hall–Kier alpha value is -2.67. The van der Waals surface area contributed by atoms with Crippen LogP contribution in [-0.4, -0.2) is 39.4 Å². The van der Waals surface area contributed by atoms with Gasteiger partial charge in [0.1, 0.15) is 6.33 Å². The predicted octanol–water partition coefficient (Wildman–Crippen LogP) is 3.13. The number of likely N-dealkylation sites (tertiary alicyclic amines) is 1. The fourth-order valence-corrected chi connectivity index (χ4v) is 3.91. The Morgan fingerprint density at radius 2 is 1.89 bits per heavy atom. The summed E-state index contributed by atoms with van der Waals surface area (Å²) >= 11 is 3.49. The van der Waals surface area contributed by atoms with Crippen molar-refractivity contribution in [3.8, 4) is 5.69 Å². The molecule has 1 fully saturated rings. The molecule has 0 saturated carbocycles. The molecule has 2 amide bonds. The Morgan fingerprint density at radius 3 is 2.59 bits per heavy atom. The highest BCUT2D eigenvalue weighted by Gasteiger charge is 2.26. The van der Waals surface area contributed by atoms with Gasteiger partial charge in [-0.3, -0.25) is 14.2 Å². The van der Waals surface area contributed by atoms with Crippen molar-refractivity contribution in [2.75, 3.05) is 13.1 Å². The zero-order chi connectivity index (χ0) is 19.0. The van der Waals surface area contributed by atoms with Crippen LogP contribution in [0.5, 0.6) is 0 Å². The highest BCUT2D eigenvalue weighted by Crippen LogP contribution is 2.24. The molecule has 6 nitrogen and oxygen atoms in total. The highest BCUT2D eigenvalue weighted by atomic mass is 79.9. The van der Waals surface area contributed by atoms with E-state index < -0.39 is 0 Å². The van der Waals surface area contributed by atoms with Crippen LogP contribution in [0.25, 0.3) is 16.7 Å². The van der Waals surface area contributed by atoms with Gasteiger partial charge in [0.15, 0.2) is 0 Å². The fraction of sp³-hybridized carbons (Fsp3) is 0.250. The van der Waals surface area contributed by atoms with E-state index in [1.54, 1.807) is 11.2 Å². The summed E-state index contributed by atoms with van der Waals surface area (Å²) < 4.78 is 2.99. The molecule has 138 valence electrons. The Balaban J connectivity index is 1.58. The Bertz CT molecular complexity index is 1020. The third-order valence-corrected chi connectivity index (χ3v) is 5.56. The Morgan fingerprint density at radius 1 is 1.11 bits per heavy atom. The van der Waals surface area contributed by atoms with Crippen LogP contribution in [0.3, 0.4) is 0 Å². The van der Waals surface area contributed by atoms with Crippen molar-refractivity contribution >= 4 is 38.8 Å². The number of carbonyl (C=O) groups is 2. The van der Waals surface area contributed by atoms with Crippen LogP contribution in [0.4, 0.5) is 0 Å². The van der Waals surface area contributed by atoms with E-state index in [-0.39, 0.29) is 17.7 Å². The minimum absolute atomic E-state index is 0.0307. The molecule has 0 bridgehead atoms. The van der Waals surface area contributed by atoms with E-state index >= 15 is 0 Å². The van der Waals surface area contributed by atoms with Crippen molar-refractivity contribution in [3.05, 3.63) is 58.8 Å². The SMILES string of the molecule is NC(=O)C1CCN(C(=O)c2ccc3c(c2)ncn3-c2cccc(Br)c2)CC1. The monoisotopic (exact) mass is 426 g/mol. The number of aromatic nitrogens is 2. The van der Waals surface area contributed by atoms with Gasteiger partial charge in [0.2, 0.25) is 5.91 Å². The van der Waals surface area contributed by atoms with E-state index in [4.69, 9.17) is 5.73 Å². The summed E-state index contributed by atoms with van der Waals surface area (Å²) in [5.74, 6) is -0.434. The van der Waals surface area contributed by atoms with Gasteiger partial charge in [0.25, 0.3) is 5.91 Å². The largest absolute Gasteiger partial charge is 0.369 e. The van der Waals surface area contributed by atoms with Gasteiger partial charge in [-0.25, -0.2) is 4.98 Å². The number of rotatable bonds is 3. The summed E-state index contributed by atoms with van der Waals surface area (Å²) in [4.78, 5) is 30.4. The minimum Gasteiger partial charge on any atom is -0.369 e. The number of primary amides is 1. The minimum atomic E-state index is -0.276. The molecule has 0 unspecified atom stereocenters. The van der Waals surface area contributed by atoms with Crippen LogP contribution in [0.2, 0.25) is 0 Å². The van der Waals surface area contributed by atoms with E-state index in [1.165, 1.54) is 0 Å². The Kier molecular flexibility index (Phi) is 4.70. The molecule has 27 heavy (non-hydrogen) atoms. The first-order valence-electron chi connectivity index (χ1n) is 8.84. The average Bonchev–Trinajstić information content (AvgIpc) is 3.10. The number of imidazole rings is 1.